The topological polar surface area (TPSA) is 44.1 Å². The summed E-state index contributed by atoms with van der Waals surface area (Å²) in [6.07, 6.45) is 0. The van der Waals surface area contributed by atoms with Gasteiger partial charge in [-0.05, 0) is 47.1 Å². The first kappa shape index (κ1) is 9.93. The van der Waals surface area contributed by atoms with E-state index in [1.54, 1.807) is 24.3 Å². The van der Waals surface area contributed by atoms with Crippen molar-refractivity contribution in [1.29, 1.82) is 4.78 Å². The van der Waals surface area contributed by atoms with Gasteiger partial charge in [-0.3, -0.25) is 4.78 Å². The number of rotatable bonds is 2. The van der Waals surface area contributed by atoms with Gasteiger partial charge in [0.15, 0.2) is 0 Å². The normalized spacial score (nSPS) is 12.3. The number of hydrogen-bond donors (Lipinski definition) is 2. The Morgan fingerprint density at radius 2 is 1.33 bits per heavy atom. The lowest BCUT2D eigenvalue weighted by Crippen LogP contribution is -1.89. The highest BCUT2D eigenvalue weighted by Crippen LogP contribution is 2.18. The van der Waals surface area contributed by atoms with Crippen molar-refractivity contribution in [2.45, 2.75) is 9.79 Å². The second kappa shape index (κ2) is 4.28. The van der Waals surface area contributed by atoms with Crippen LogP contribution in [0, 0.1) is 4.78 Å². The Balaban J connectivity index is 2.33. The van der Waals surface area contributed by atoms with Gasteiger partial charge >= 0.3 is 0 Å². The van der Waals surface area contributed by atoms with Crippen molar-refractivity contribution in [2.75, 3.05) is 0 Å². The lowest BCUT2D eigenvalue weighted by molar-refractivity contribution is 0.475. The summed E-state index contributed by atoms with van der Waals surface area (Å²) in [6.45, 7) is 0. The maximum absolute atomic E-state index is 9.15. The molecule has 2 aromatic carbocycles. The molecule has 0 saturated carbocycles. The van der Waals surface area contributed by atoms with Gasteiger partial charge in [0.2, 0.25) is 0 Å². The third kappa shape index (κ3) is 2.25. The zero-order chi connectivity index (χ0) is 10.7. The van der Waals surface area contributed by atoms with E-state index in [0.717, 1.165) is 9.79 Å². The van der Waals surface area contributed by atoms with Crippen LogP contribution in [0.25, 0.3) is 0 Å². The first-order valence-corrected chi connectivity index (χ1v) is 5.79. The second-order valence-electron chi connectivity index (χ2n) is 3.11. The Labute approximate surface area is 91.1 Å². The molecule has 0 spiro atoms. The zero-order valence-electron chi connectivity index (χ0n) is 8.05. The van der Waals surface area contributed by atoms with Gasteiger partial charge in [0.1, 0.15) is 5.75 Å². The van der Waals surface area contributed by atoms with E-state index in [4.69, 9.17) is 9.89 Å². The van der Waals surface area contributed by atoms with E-state index in [2.05, 4.69) is 0 Å². The lowest BCUT2D eigenvalue weighted by Gasteiger charge is -2.05. The standard InChI is InChI=1S/C12H11NOS/c13-15(11-4-2-1-3-5-11)12-8-6-10(14)7-9-12/h1-9,13-14H. The van der Waals surface area contributed by atoms with E-state index in [-0.39, 0.29) is 5.75 Å². The van der Waals surface area contributed by atoms with Crippen molar-refractivity contribution in [3.8, 4) is 5.75 Å². The molecule has 0 amide bonds. The average Bonchev–Trinajstić information content (AvgIpc) is 2.30. The third-order valence-electron chi connectivity index (χ3n) is 2.05. The number of aromatic hydroxyl groups is 1. The van der Waals surface area contributed by atoms with Crippen molar-refractivity contribution in [2.24, 2.45) is 0 Å². The van der Waals surface area contributed by atoms with Crippen LogP contribution in [0.2, 0.25) is 0 Å². The zero-order valence-corrected chi connectivity index (χ0v) is 8.87. The molecule has 2 rings (SSSR count). The molecule has 15 heavy (non-hydrogen) atoms. The summed E-state index contributed by atoms with van der Waals surface area (Å²) in [5, 5.41) is 9.15. The van der Waals surface area contributed by atoms with E-state index >= 15 is 0 Å². The smallest absolute Gasteiger partial charge is 0.115 e. The molecule has 0 heterocycles. The van der Waals surface area contributed by atoms with E-state index < -0.39 is 10.7 Å². The molecule has 0 bridgehead atoms. The van der Waals surface area contributed by atoms with Gasteiger partial charge in [-0.25, -0.2) is 0 Å². The van der Waals surface area contributed by atoms with Crippen LogP contribution < -0.4 is 0 Å². The quantitative estimate of drug-likeness (QED) is 0.797. The maximum Gasteiger partial charge on any atom is 0.115 e. The molecule has 0 aliphatic carbocycles. The highest BCUT2D eigenvalue weighted by Gasteiger charge is 2.01. The van der Waals surface area contributed by atoms with E-state index in [9.17, 15) is 0 Å². The highest BCUT2D eigenvalue weighted by atomic mass is 32.2. The fraction of sp³-hybridized carbons (Fsp3) is 0. The summed E-state index contributed by atoms with van der Waals surface area (Å²) in [5.74, 6) is 0.240. The number of hydrogen-bond acceptors (Lipinski definition) is 2. The minimum absolute atomic E-state index is 0.240. The van der Waals surface area contributed by atoms with Gasteiger partial charge in [-0.2, -0.15) is 0 Å². The molecule has 0 saturated heterocycles. The summed E-state index contributed by atoms with van der Waals surface area (Å²) in [5.41, 5.74) is 0. The molecule has 1 atom stereocenters. The van der Waals surface area contributed by atoms with Crippen molar-refractivity contribution in [3.05, 3.63) is 54.6 Å². The summed E-state index contributed by atoms with van der Waals surface area (Å²) >= 11 is 0. The van der Waals surface area contributed by atoms with Crippen molar-refractivity contribution >= 4 is 10.7 Å². The van der Waals surface area contributed by atoms with Gasteiger partial charge < -0.3 is 5.11 Å². The summed E-state index contributed by atoms with van der Waals surface area (Å²) in [6, 6.07) is 16.5. The second-order valence-corrected chi connectivity index (χ2v) is 4.67. The van der Waals surface area contributed by atoms with Crippen LogP contribution in [0.1, 0.15) is 0 Å². The lowest BCUT2D eigenvalue weighted by atomic mass is 10.3. The fourth-order valence-electron chi connectivity index (χ4n) is 1.27. The molecule has 2 N–H and O–H groups in total. The van der Waals surface area contributed by atoms with Crippen LogP contribution in [0.15, 0.2) is 64.4 Å². The molecule has 76 valence electrons. The largest absolute Gasteiger partial charge is 0.508 e. The monoisotopic (exact) mass is 217 g/mol. The number of benzene rings is 2. The Bertz CT molecular complexity index is 465. The van der Waals surface area contributed by atoms with Gasteiger partial charge in [0, 0.05) is 9.79 Å². The molecule has 0 aliphatic heterocycles. The van der Waals surface area contributed by atoms with E-state index in [0.29, 0.717) is 0 Å². The van der Waals surface area contributed by atoms with Gasteiger partial charge in [0.05, 0.1) is 0 Å². The first-order valence-electron chi connectivity index (χ1n) is 4.57. The first-order chi connectivity index (χ1) is 7.27. The molecule has 2 aromatic rings. The van der Waals surface area contributed by atoms with E-state index in [1.807, 2.05) is 30.3 Å². The molecule has 0 aliphatic rings. The van der Waals surface area contributed by atoms with Crippen LogP contribution in [0.5, 0.6) is 5.75 Å². The van der Waals surface area contributed by atoms with Crippen molar-refractivity contribution in [3.63, 3.8) is 0 Å². The Morgan fingerprint density at radius 1 is 0.800 bits per heavy atom. The predicted octanol–water partition coefficient (Wildman–Crippen LogP) is 3.19. The third-order valence-corrected chi connectivity index (χ3v) is 3.54. The van der Waals surface area contributed by atoms with Gasteiger partial charge in [-0.1, -0.05) is 18.2 Å². The van der Waals surface area contributed by atoms with E-state index in [1.165, 1.54) is 0 Å². The van der Waals surface area contributed by atoms with Crippen LogP contribution in [-0.2, 0) is 10.7 Å². The fourth-order valence-corrected chi connectivity index (χ4v) is 2.38. The summed E-state index contributed by atoms with van der Waals surface area (Å²) in [7, 11) is -0.666. The Hall–Kier alpha value is -1.61. The van der Waals surface area contributed by atoms with Crippen molar-refractivity contribution < 1.29 is 5.11 Å². The number of phenols is 1. The summed E-state index contributed by atoms with van der Waals surface area (Å²) < 4.78 is 8.07. The molecule has 1 unspecified atom stereocenters. The highest BCUT2D eigenvalue weighted by molar-refractivity contribution is 7.86. The minimum atomic E-state index is -0.666. The van der Waals surface area contributed by atoms with Gasteiger partial charge in [0.25, 0.3) is 0 Å². The Kier molecular flexibility index (Phi) is 2.83. The predicted molar refractivity (Wildman–Crippen MR) is 61.2 cm³/mol. The van der Waals surface area contributed by atoms with Crippen LogP contribution in [0.4, 0.5) is 0 Å². The molecule has 0 aromatic heterocycles. The summed E-state index contributed by atoms with van der Waals surface area (Å²) in [4.78, 5) is 1.90. The minimum Gasteiger partial charge on any atom is -0.508 e. The molecular weight excluding hydrogens is 206 g/mol. The maximum atomic E-state index is 9.15. The van der Waals surface area contributed by atoms with Crippen LogP contribution in [-0.4, -0.2) is 5.11 Å². The molecular formula is C12H11NOS. The number of phenolic OH excluding ortho intramolecular Hbond substituents is 1. The molecule has 0 fully saturated rings. The van der Waals surface area contributed by atoms with Crippen LogP contribution in [0.3, 0.4) is 0 Å². The average molecular weight is 217 g/mol. The molecule has 0 radical (unpaired) electrons. The number of nitrogens with one attached hydrogen (secondary N) is 1. The SMILES string of the molecule is N=S(c1ccccc1)c1ccc(O)cc1. The molecule has 3 heteroatoms. The Morgan fingerprint density at radius 3 is 1.93 bits per heavy atom. The van der Waals surface area contributed by atoms with Gasteiger partial charge in [-0.15, -0.1) is 0 Å². The van der Waals surface area contributed by atoms with Crippen LogP contribution >= 0.6 is 0 Å². The van der Waals surface area contributed by atoms with Crippen molar-refractivity contribution in [1.82, 2.24) is 0 Å². The molecule has 2 nitrogen and oxygen atoms in total.